The molecular weight excluding hydrogens is 362 g/mol. The van der Waals surface area contributed by atoms with Gasteiger partial charge in [0.15, 0.2) is 0 Å². The molecule has 0 radical (unpaired) electrons. The van der Waals surface area contributed by atoms with Crippen LogP contribution in [0.15, 0.2) is 44.7 Å². The van der Waals surface area contributed by atoms with Crippen molar-refractivity contribution in [1.29, 1.82) is 0 Å². The zero-order valence-corrected chi connectivity index (χ0v) is 13.4. The van der Waals surface area contributed by atoms with Crippen molar-refractivity contribution in [2.45, 2.75) is 12.5 Å². The van der Waals surface area contributed by atoms with Gasteiger partial charge in [0.2, 0.25) is 0 Å². The van der Waals surface area contributed by atoms with Crippen LogP contribution in [-0.2, 0) is 6.42 Å². The van der Waals surface area contributed by atoms with Crippen LogP contribution in [0.4, 0.5) is 0 Å². The quantitative estimate of drug-likeness (QED) is 0.812. The normalized spacial score (nSPS) is 12.6. The first kappa shape index (κ1) is 13.3. The summed E-state index contributed by atoms with van der Waals surface area (Å²) >= 11 is 8.84. The minimum absolute atomic E-state index is 0.366. The third-order valence-electron chi connectivity index (χ3n) is 2.66. The topological polar surface area (TPSA) is 12.0 Å². The van der Waals surface area contributed by atoms with E-state index in [4.69, 9.17) is 0 Å². The highest BCUT2D eigenvalue weighted by molar-refractivity contribution is 9.10. The number of nitrogens with one attached hydrogen (secondary N) is 1. The van der Waals surface area contributed by atoms with Gasteiger partial charge in [0, 0.05) is 19.9 Å². The van der Waals surface area contributed by atoms with Crippen molar-refractivity contribution in [2.24, 2.45) is 0 Å². The summed E-state index contributed by atoms with van der Waals surface area (Å²) in [5.74, 6) is 0. The van der Waals surface area contributed by atoms with Crippen LogP contribution in [0.25, 0.3) is 0 Å². The molecule has 1 atom stereocenters. The van der Waals surface area contributed by atoms with Crippen LogP contribution in [0.1, 0.15) is 16.5 Å². The van der Waals surface area contributed by atoms with Gasteiger partial charge in [-0.1, -0.05) is 28.1 Å². The minimum Gasteiger partial charge on any atom is -0.312 e. The fourth-order valence-corrected chi connectivity index (χ4v) is 3.76. The van der Waals surface area contributed by atoms with E-state index in [1.54, 1.807) is 11.3 Å². The van der Waals surface area contributed by atoms with Crippen molar-refractivity contribution in [3.05, 3.63) is 55.1 Å². The van der Waals surface area contributed by atoms with E-state index in [1.807, 2.05) is 7.05 Å². The van der Waals surface area contributed by atoms with Gasteiger partial charge >= 0.3 is 0 Å². The Kier molecular flexibility index (Phi) is 4.79. The number of benzene rings is 1. The monoisotopic (exact) mass is 373 g/mol. The second kappa shape index (κ2) is 6.14. The molecule has 2 aromatic rings. The third kappa shape index (κ3) is 3.41. The Bertz CT molecular complexity index is 478. The molecule has 0 saturated carbocycles. The lowest BCUT2D eigenvalue weighted by Gasteiger charge is -2.15. The van der Waals surface area contributed by atoms with E-state index >= 15 is 0 Å². The smallest absolute Gasteiger partial charge is 0.0464 e. The SMILES string of the molecule is CNC(Cc1ccc(Br)cc1)c1sccc1Br. The maximum absolute atomic E-state index is 3.60. The van der Waals surface area contributed by atoms with Crippen LogP contribution in [0.2, 0.25) is 0 Å². The van der Waals surface area contributed by atoms with Gasteiger partial charge in [-0.15, -0.1) is 11.3 Å². The second-order valence-electron chi connectivity index (χ2n) is 3.80. The van der Waals surface area contributed by atoms with Crippen molar-refractivity contribution >= 4 is 43.2 Å². The van der Waals surface area contributed by atoms with Gasteiger partial charge in [0.1, 0.15) is 0 Å². The summed E-state index contributed by atoms with van der Waals surface area (Å²) in [6, 6.07) is 11.0. The van der Waals surface area contributed by atoms with E-state index in [1.165, 1.54) is 14.9 Å². The number of likely N-dealkylation sites (N-methyl/N-ethyl adjacent to an activating group) is 1. The van der Waals surface area contributed by atoms with Crippen molar-refractivity contribution in [3.63, 3.8) is 0 Å². The van der Waals surface area contributed by atoms with Gasteiger partial charge in [0.05, 0.1) is 0 Å². The average Bonchev–Trinajstić information content (AvgIpc) is 2.75. The average molecular weight is 375 g/mol. The lowest BCUT2D eigenvalue weighted by Crippen LogP contribution is -2.18. The molecule has 0 aliphatic heterocycles. The van der Waals surface area contributed by atoms with Crippen molar-refractivity contribution in [3.8, 4) is 0 Å². The zero-order chi connectivity index (χ0) is 12.3. The van der Waals surface area contributed by atoms with E-state index in [2.05, 4.69) is 72.9 Å². The fourth-order valence-electron chi connectivity index (χ4n) is 1.74. The first-order chi connectivity index (χ1) is 8.20. The van der Waals surface area contributed by atoms with Crippen molar-refractivity contribution < 1.29 is 0 Å². The molecule has 1 aromatic carbocycles. The standard InChI is InChI=1S/C13H13Br2NS/c1-16-12(13-11(15)6-7-17-13)8-9-2-4-10(14)5-3-9/h2-7,12,16H,8H2,1H3. The molecule has 90 valence electrons. The third-order valence-corrected chi connectivity index (χ3v) is 5.18. The molecule has 0 aliphatic rings. The molecule has 4 heteroatoms. The maximum atomic E-state index is 3.60. The van der Waals surface area contributed by atoms with E-state index in [9.17, 15) is 0 Å². The highest BCUT2D eigenvalue weighted by atomic mass is 79.9. The van der Waals surface area contributed by atoms with Crippen molar-refractivity contribution in [2.75, 3.05) is 7.05 Å². The number of halogens is 2. The van der Waals surface area contributed by atoms with Gasteiger partial charge in [-0.25, -0.2) is 0 Å². The predicted molar refractivity (Wildman–Crippen MR) is 81.7 cm³/mol. The first-order valence-corrected chi connectivity index (χ1v) is 7.82. The molecule has 1 aromatic heterocycles. The number of hydrogen-bond donors (Lipinski definition) is 1. The van der Waals surface area contributed by atoms with Gasteiger partial charge in [-0.2, -0.15) is 0 Å². The molecule has 1 nitrogen and oxygen atoms in total. The van der Waals surface area contributed by atoms with Gasteiger partial charge in [-0.05, 0) is 58.5 Å². The Morgan fingerprint density at radius 1 is 1.18 bits per heavy atom. The Morgan fingerprint density at radius 2 is 1.88 bits per heavy atom. The van der Waals surface area contributed by atoms with Crippen LogP contribution >= 0.6 is 43.2 Å². The molecule has 0 fully saturated rings. The molecule has 0 spiro atoms. The maximum Gasteiger partial charge on any atom is 0.0464 e. The number of hydrogen-bond acceptors (Lipinski definition) is 2. The molecule has 1 heterocycles. The van der Waals surface area contributed by atoms with Gasteiger partial charge in [-0.3, -0.25) is 0 Å². The fraction of sp³-hybridized carbons (Fsp3) is 0.231. The Labute approximate surface area is 123 Å². The molecule has 2 rings (SSSR count). The Hall–Kier alpha value is -0.160. The highest BCUT2D eigenvalue weighted by Crippen LogP contribution is 2.31. The first-order valence-electron chi connectivity index (χ1n) is 5.35. The van der Waals surface area contributed by atoms with Crippen molar-refractivity contribution in [1.82, 2.24) is 5.32 Å². The van der Waals surface area contributed by atoms with E-state index in [-0.39, 0.29) is 0 Å². The summed E-state index contributed by atoms with van der Waals surface area (Å²) in [4.78, 5) is 1.36. The van der Waals surface area contributed by atoms with E-state index in [0.29, 0.717) is 6.04 Å². The van der Waals surface area contributed by atoms with E-state index < -0.39 is 0 Å². The van der Waals surface area contributed by atoms with Crippen LogP contribution in [0, 0.1) is 0 Å². The lowest BCUT2D eigenvalue weighted by molar-refractivity contribution is 0.600. The van der Waals surface area contributed by atoms with Crippen LogP contribution < -0.4 is 5.32 Å². The molecule has 17 heavy (non-hydrogen) atoms. The zero-order valence-electron chi connectivity index (χ0n) is 9.41. The summed E-state index contributed by atoms with van der Waals surface area (Å²) in [6.07, 6.45) is 1.00. The summed E-state index contributed by atoms with van der Waals surface area (Å²) in [6.45, 7) is 0. The van der Waals surface area contributed by atoms with Gasteiger partial charge in [0.25, 0.3) is 0 Å². The number of thiophene rings is 1. The second-order valence-corrected chi connectivity index (χ2v) is 6.52. The van der Waals surface area contributed by atoms with Crippen LogP contribution in [-0.4, -0.2) is 7.05 Å². The van der Waals surface area contributed by atoms with Gasteiger partial charge < -0.3 is 5.32 Å². The predicted octanol–water partition coefficient (Wildman–Crippen LogP) is 4.78. The molecule has 0 bridgehead atoms. The van der Waals surface area contributed by atoms with E-state index in [0.717, 1.165) is 10.9 Å². The largest absolute Gasteiger partial charge is 0.312 e. The summed E-state index contributed by atoms with van der Waals surface area (Å²) in [5, 5.41) is 5.49. The molecular formula is C13H13Br2NS. The molecule has 0 saturated heterocycles. The lowest BCUT2D eigenvalue weighted by atomic mass is 10.1. The summed E-state index contributed by atoms with van der Waals surface area (Å²) in [5.41, 5.74) is 1.34. The molecule has 1 unspecified atom stereocenters. The summed E-state index contributed by atoms with van der Waals surface area (Å²) in [7, 11) is 2.01. The summed E-state index contributed by atoms with van der Waals surface area (Å²) < 4.78 is 2.32. The van der Waals surface area contributed by atoms with Crippen LogP contribution in [0.3, 0.4) is 0 Å². The van der Waals surface area contributed by atoms with Crippen LogP contribution in [0.5, 0.6) is 0 Å². The Morgan fingerprint density at radius 3 is 2.41 bits per heavy atom. The molecule has 1 N–H and O–H groups in total. The number of rotatable bonds is 4. The highest BCUT2D eigenvalue weighted by Gasteiger charge is 2.14. The molecule has 0 amide bonds. The minimum atomic E-state index is 0.366. The molecule has 0 aliphatic carbocycles. The Balaban J connectivity index is 2.16.